The zero-order chi connectivity index (χ0) is 13.1. The molecule has 1 unspecified atom stereocenters. The number of hydrogen-bond donors (Lipinski definition) is 0. The van der Waals surface area contributed by atoms with E-state index in [1.807, 2.05) is 32.9 Å². The lowest BCUT2D eigenvalue weighted by Crippen LogP contribution is -2.20. The minimum Gasteiger partial charge on any atom is -0.491 e. The zero-order valence-electron chi connectivity index (χ0n) is 11.5. The van der Waals surface area contributed by atoms with E-state index < -0.39 is 0 Å². The van der Waals surface area contributed by atoms with Gasteiger partial charge >= 0.3 is 0 Å². The molecule has 17 heavy (non-hydrogen) atoms. The quantitative estimate of drug-likeness (QED) is 0.688. The van der Waals surface area contributed by atoms with Crippen LogP contribution < -0.4 is 4.74 Å². The Bertz CT molecular complexity index is 338. The summed E-state index contributed by atoms with van der Waals surface area (Å²) >= 11 is 6.09. The van der Waals surface area contributed by atoms with Crippen LogP contribution in [0.4, 0.5) is 0 Å². The highest BCUT2D eigenvalue weighted by Crippen LogP contribution is 2.31. The van der Waals surface area contributed by atoms with Crippen LogP contribution in [0.3, 0.4) is 0 Å². The number of alkyl halides is 1. The standard InChI is InChI=1S/C15H23ClO/c1-11(2)17-14-8-6-13(7-9-14)15(4,5)10-12(3)16/h6-9,11-12H,10H2,1-5H3. The maximum Gasteiger partial charge on any atom is 0.119 e. The van der Waals surface area contributed by atoms with Gasteiger partial charge in [0, 0.05) is 5.38 Å². The maximum absolute atomic E-state index is 6.09. The van der Waals surface area contributed by atoms with Crippen LogP contribution in [0.15, 0.2) is 24.3 Å². The van der Waals surface area contributed by atoms with E-state index in [1.54, 1.807) is 0 Å². The first-order valence-electron chi connectivity index (χ1n) is 6.22. The molecule has 0 aliphatic heterocycles. The largest absolute Gasteiger partial charge is 0.491 e. The van der Waals surface area contributed by atoms with Crippen molar-refractivity contribution in [3.8, 4) is 5.75 Å². The van der Waals surface area contributed by atoms with Crippen LogP contribution in [-0.2, 0) is 5.41 Å². The van der Waals surface area contributed by atoms with Crippen LogP contribution >= 0.6 is 11.6 Å². The van der Waals surface area contributed by atoms with Gasteiger partial charge in [0.25, 0.3) is 0 Å². The van der Waals surface area contributed by atoms with Crippen molar-refractivity contribution < 1.29 is 4.74 Å². The average Bonchev–Trinajstić information content (AvgIpc) is 2.15. The molecule has 0 spiro atoms. The third-order valence-corrected chi connectivity index (χ3v) is 2.95. The van der Waals surface area contributed by atoms with Gasteiger partial charge in [0.1, 0.15) is 5.75 Å². The lowest BCUT2D eigenvalue weighted by Gasteiger charge is -2.26. The molecule has 1 atom stereocenters. The van der Waals surface area contributed by atoms with Crippen molar-refractivity contribution in [1.29, 1.82) is 0 Å². The molecule has 0 radical (unpaired) electrons. The fourth-order valence-electron chi connectivity index (χ4n) is 2.08. The van der Waals surface area contributed by atoms with Crippen molar-refractivity contribution in [2.75, 3.05) is 0 Å². The zero-order valence-corrected chi connectivity index (χ0v) is 12.2. The third-order valence-electron chi connectivity index (χ3n) is 2.80. The highest BCUT2D eigenvalue weighted by atomic mass is 35.5. The summed E-state index contributed by atoms with van der Waals surface area (Å²) in [7, 11) is 0. The number of benzene rings is 1. The van der Waals surface area contributed by atoms with E-state index in [9.17, 15) is 0 Å². The predicted molar refractivity (Wildman–Crippen MR) is 75.2 cm³/mol. The Morgan fingerprint density at radius 2 is 1.65 bits per heavy atom. The molecular formula is C15H23ClO. The van der Waals surface area contributed by atoms with Crippen LogP contribution in [0.25, 0.3) is 0 Å². The van der Waals surface area contributed by atoms with Gasteiger partial charge < -0.3 is 4.74 Å². The molecule has 0 N–H and O–H groups in total. The van der Waals surface area contributed by atoms with Crippen LogP contribution in [0, 0.1) is 0 Å². The van der Waals surface area contributed by atoms with E-state index in [0.717, 1.165) is 12.2 Å². The monoisotopic (exact) mass is 254 g/mol. The molecule has 0 amide bonds. The van der Waals surface area contributed by atoms with Crippen molar-refractivity contribution in [3.63, 3.8) is 0 Å². The van der Waals surface area contributed by atoms with Gasteiger partial charge in [-0.3, -0.25) is 0 Å². The predicted octanol–water partition coefficient (Wildman–Crippen LogP) is 4.77. The highest BCUT2D eigenvalue weighted by Gasteiger charge is 2.22. The number of ether oxygens (including phenoxy) is 1. The van der Waals surface area contributed by atoms with Gasteiger partial charge in [-0.25, -0.2) is 0 Å². The summed E-state index contributed by atoms with van der Waals surface area (Å²) in [5.74, 6) is 0.929. The van der Waals surface area contributed by atoms with E-state index in [4.69, 9.17) is 16.3 Å². The molecule has 1 nitrogen and oxygen atoms in total. The Balaban J connectivity index is 2.79. The van der Waals surface area contributed by atoms with E-state index in [2.05, 4.69) is 26.0 Å². The Labute approximate surface area is 110 Å². The summed E-state index contributed by atoms with van der Waals surface area (Å²) < 4.78 is 5.64. The van der Waals surface area contributed by atoms with Gasteiger partial charge in [0.15, 0.2) is 0 Å². The molecule has 0 aliphatic carbocycles. The number of rotatable bonds is 5. The topological polar surface area (TPSA) is 9.23 Å². The molecule has 0 heterocycles. The minimum absolute atomic E-state index is 0.109. The third kappa shape index (κ3) is 4.59. The first kappa shape index (κ1) is 14.4. The summed E-state index contributed by atoms with van der Waals surface area (Å²) in [6, 6.07) is 8.35. The molecular weight excluding hydrogens is 232 g/mol. The molecule has 0 aromatic heterocycles. The van der Waals surface area contributed by atoms with Gasteiger partial charge in [-0.2, -0.15) is 0 Å². The average molecular weight is 255 g/mol. The highest BCUT2D eigenvalue weighted by molar-refractivity contribution is 6.20. The molecule has 96 valence electrons. The maximum atomic E-state index is 6.09. The second-order valence-corrected chi connectivity index (χ2v) is 6.30. The molecule has 2 heteroatoms. The first-order valence-corrected chi connectivity index (χ1v) is 6.66. The van der Waals surface area contributed by atoms with Crippen molar-refractivity contribution in [3.05, 3.63) is 29.8 Å². The molecule has 1 aromatic rings. The van der Waals surface area contributed by atoms with E-state index in [0.29, 0.717) is 0 Å². The van der Waals surface area contributed by atoms with Gasteiger partial charge in [-0.1, -0.05) is 26.0 Å². The summed E-state index contributed by atoms with van der Waals surface area (Å²) in [6.07, 6.45) is 1.19. The van der Waals surface area contributed by atoms with Crippen LogP contribution in [-0.4, -0.2) is 11.5 Å². The summed E-state index contributed by atoms with van der Waals surface area (Å²) in [6.45, 7) is 10.6. The molecule has 0 bridgehead atoms. The van der Waals surface area contributed by atoms with E-state index in [-0.39, 0.29) is 16.9 Å². The van der Waals surface area contributed by atoms with Gasteiger partial charge in [-0.15, -0.1) is 11.6 Å². The Morgan fingerprint density at radius 3 is 2.06 bits per heavy atom. The Kier molecular flexibility index (Phi) is 4.88. The van der Waals surface area contributed by atoms with Gasteiger partial charge in [-0.05, 0) is 50.3 Å². The van der Waals surface area contributed by atoms with Gasteiger partial charge in [0.05, 0.1) is 6.10 Å². The van der Waals surface area contributed by atoms with Crippen LogP contribution in [0.2, 0.25) is 0 Å². The van der Waals surface area contributed by atoms with Crippen LogP contribution in [0.5, 0.6) is 5.75 Å². The molecule has 0 saturated carbocycles. The first-order chi connectivity index (χ1) is 7.81. The molecule has 1 aromatic carbocycles. The summed E-state index contributed by atoms with van der Waals surface area (Å²) in [5, 5.41) is 0.191. The fourth-order valence-corrected chi connectivity index (χ4v) is 2.46. The van der Waals surface area contributed by atoms with E-state index in [1.165, 1.54) is 5.56 Å². The Hall–Kier alpha value is -0.690. The molecule has 0 aliphatic rings. The van der Waals surface area contributed by atoms with Crippen LogP contribution in [0.1, 0.15) is 46.6 Å². The lowest BCUT2D eigenvalue weighted by molar-refractivity contribution is 0.242. The SMILES string of the molecule is CC(Cl)CC(C)(C)c1ccc(OC(C)C)cc1. The number of halogens is 1. The molecule has 0 saturated heterocycles. The second kappa shape index (κ2) is 5.77. The molecule has 0 fully saturated rings. The second-order valence-electron chi connectivity index (χ2n) is 5.56. The Morgan fingerprint density at radius 1 is 1.12 bits per heavy atom. The summed E-state index contributed by atoms with van der Waals surface area (Å²) in [4.78, 5) is 0. The van der Waals surface area contributed by atoms with Crippen molar-refractivity contribution >= 4 is 11.6 Å². The van der Waals surface area contributed by atoms with Crippen molar-refractivity contribution in [2.24, 2.45) is 0 Å². The smallest absolute Gasteiger partial charge is 0.119 e. The summed E-state index contributed by atoms with van der Waals surface area (Å²) in [5.41, 5.74) is 1.42. The minimum atomic E-state index is 0.109. The van der Waals surface area contributed by atoms with Crippen molar-refractivity contribution in [2.45, 2.75) is 57.9 Å². The fraction of sp³-hybridized carbons (Fsp3) is 0.600. The molecule has 1 rings (SSSR count). The van der Waals surface area contributed by atoms with E-state index >= 15 is 0 Å². The van der Waals surface area contributed by atoms with Gasteiger partial charge in [0.2, 0.25) is 0 Å². The van der Waals surface area contributed by atoms with Crippen molar-refractivity contribution in [1.82, 2.24) is 0 Å². The normalized spacial score (nSPS) is 13.8. The lowest BCUT2D eigenvalue weighted by atomic mass is 9.80. The number of hydrogen-bond acceptors (Lipinski definition) is 1.